The summed E-state index contributed by atoms with van der Waals surface area (Å²) < 4.78 is 0. The number of fused-ring (bicyclic) bond motifs is 20. The molecule has 0 radical (unpaired) electrons. The van der Waals surface area contributed by atoms with E-state index in [2.05, 4.69) is 327 Å². The number of rotatable bonds is 7. The van der Waals surface area contributed by atoms with Crippen molar-refractivity contribution in [1.29, 1.82) is 0 Å². The Morgan fingerprint density at radius 1 is 0.241 bits per heavy atom. The second-order valence-corrected chi connectivity index (χ2v) is 23.4. The van der Waals surface area contributed by atoms with E-state index in [4.69, 9.17) is 0 Å². The largest absolute Gasteiger partial charge is 0.310 e. The highest BCUT2D eigenvalue weighted by Gasteiger charge is 2.59. The number of benzene rings is 13. The summed E-state index contributed by atoms with van der Waals surface area (Å²) in [7, 11) is 0. The molecule has 13 aromatic carbocycles. The summed E-state index contributed by atoms with van der Waals surface area (Å²) in [5.74, 6) is 0. The second-order valence-electron chi connectivity index (χ2n) is 23.4. The van der Waals surface area contributed by atoms with Crippen molar-refractivity contribution >= 4 is 44.9 Å². The van der Waals surface area contributed by atoms with E-state index in [-0.39, 0.29) is 5.41 Å². The topological polar surface area (TPSA) is 6.48 Å². The molecule has 2 heteroatoms. The minimum Gasteiger partial charge on any atom is -0.310 e. The lowest BCUT2D eigenvalue weighted by atomic mass is 9.52. The van der Waals surface area contributed by atoms with Gasteiger partial charge in [0.1, 0.15) is 0 Å². The highest BCUT2D eigenvalue weighted by atomic mass is 15.2. The van der Waals surface area contributed by atoms with Gasteiger partial charge < -0.3 is 9.80 Å². The molecule has 0 unspecified atom stereocenters. The number of hydrogen-bond donors (Lipinski definition) is 0. The summed E-state index contributed by atoms with van der Waals surface area (Å²) in [6.07, 6.45) is 0. The van der Waals surface area contributed by atoms with Crippen LogP contribution in [0.3, 0.4) is 0 Å². The third-order valence-corrected chi connectivity index (χ3v) is 19.1. The van der Waals surface area contributed by atoms with Crippen molar-refractivity contribution in [2.75, 3.05) is 9.80 Å². The van der Waals surface area contributed by atoms with Gasteiger partial charge in [0.25, 0.3) is 0 Å². The van der Waals surface area contributed by atoms with E-state index in [0.29, 0.717) is 0 Å². The molecule has 0 atom stereocenters. The van der Waals surface area contributed by atoms with E-state index < -0.39 is 10.8 Å². The van der Waals surface area contributed by atoms with E-state index in [9.17, 15) is 0 Å². The fourth-order valence-electron chi connectivity index (χ4n) is 15.7. The van der Waals surface area contributed by atoms with Crippen molar-refractivity contribution in [3.63, 3.8) is 0 Å². The molecule has 4 aliphatic carbocycles. The van der Waals surface area contributed by atoms with Crippen molar-refractivity contribution < 1.29 is 0 Å². The van der Waals surface area contributed by atoms with Gasteiger partial charge in [0.2, 0.25) is 0 Å². The van der Waals surface area contributed by atoms with Crippen LogP contribution in [0, 0.1) is 0 Å². The van der Waals surface area contributed by atoms with Crippen LogP contribution in [-0.2, 0) is 16.2 Å². The third-order valence-electron chi connectivity index (χ3n) is 19.1. The van der Waals surface area contributed by atoms with Crippen molar-refractivity contribution in [2.45, 2.75) is 30.1 Å². The molecule has 0 bridgehead atoms. The highest BCUT2D eigenvalue weighted by molar-refractivity contribution is 6.02. The van der Waals surface area contributed by atoms with Crippen LogP contribution in [0.2, 0.25) is 0 Å². The van der Waals surface area contributed by atoms with Crippen molar-refractivity contribution in [3.05, 3.63) is 359 Å². The molecular weight excluding hydrogens is 1000 g/mol. The standard InChI is InChI=1S/C81H56N2/c1-79(2)66-31-12-8-27-61(66)64-51-50-59(52-75(64)79)83(58-48-44-54(45-49-58)53-42-46-57(47-43-53)82(56-24-4-3-5-25-56)76-40-20-23-55-22-6-7-26-60(55)76)77-41-21-39-74-78(77)65-30-11-15-34-69(65)81(74)72-37-18-16-35-70(72)80(71-36-17-19-38-73(71)81)67-32-13-9-28-62(67)63-29-10-14-33-68(63)80/h3-52H,1-2H3. The molecule has 0 heterocycles. The van der Waals surface area contributed by atoms with Crippen LogP contribution in [0.5, 0.6) is 0 Å². The van der Waals surface area contributed by atoms with Crippen LogP contribution in [0.15, 0.2) is 303 Å². The summed E-state index contributed by atoms with van der Waals surface area (Å²) in [5, 5.41) is 2.43. The Hall–Kier alpha value is -10.3. The van der Waals surface area contributed by atoms with Gasteiger partial charge in [-0.2, -0.15) is 0 Å². The van der Waals surface area contributed by atoms with Gasteiger partial charge in [0.15, 0.2) is 0 Å². The van der Waals surface area contributed by atoms with E-state index in [1.807, 2.05) is 0 Å². The van der Waals surface area contributed by atoms with Gasteiger partial charge in [-0.05, 0) is 161 Å². The van der Waals surface area contributed by atoms with Crippen LogP contribution in [0.1, 0.15) is 69.5 Å². The fraction of sp³-hybridized carbons (Fsp3) is 0.0617. The molecule has 0 amide bonds. The van der Waals surface area contributed by atoms with Gasteiger partial charge in [0.05, 0.1) is 22.2 Å². The Morgan fingerprint density at radius 3 is 1.20 bits per heavy atom. The number of anilines is 6. The molecule has 0 N–H and O–H groups in total. The van der Waals surface area contributed by atoms with E-state index >= 15 is 0 Å². The second kappa shape index (κ2) is 17.9. The lowest BCUT2D eigenvalue weighted by Crippen LogP contribution is -2.43. The normalized spacial score (nSPS) is 14.4. The molecule has 0 fully saturated rings. The van der Waals surface area contributed by atoms with Gasteiger partial charge in [-0.1, -0.05) is 257 Å². The zero-order valence-corrected chi connectivity index (χ0v) is 46.3. The molecular formula is C81H56N2. The molecule has 13 aromatic rings. The molecule has 4 aliphatic rings. The predicted octanol–water partition coefficient (Wildman–Crippen LogP) is 20.8. The van der Waals surface area contributed by atoms with E-state index in [1.165, 1.54) is 99.8 Å². The molecule has 17 rings (SSSR count). The van der Waals surface area contributed by atoms with Gasteiger partial charge in [0, 0.05) is 39.1 Å². The lowest BCUT2D eigenvalue weighted by molar-refractivity contribution is 0.633. The van der Waals surface area contributed by atoms with Crippen LogP contribution >= 0.6 is 0 Å². The third kappa shape index (κ3) is 6.49. The maximum atomic E-state index is 2.55. The molecule has 390 valence electrons. The van der Waals surface area contributed by atoms with E-state index in [0.717, 1.165) is 45.3 Å². The maximum Gasteiger partial charge on any atom is 0.0720 e. The monoisotopic (exact) mass is 1060 g/mol. The van der Waals surface area contributed by atoms with Crippen LogP contribution < -0.4 is 9.80 Å². The lowest BCUT2D eigenvalue weighted by Gasteiger charge is -2.48. The maximum absolute atomic E-state index is 2.55. The molecule has 0 aliphatic heterocycles. The fourth-order valence-corrected chi connectivity index (χ4v) is 15.7. The Labute approximate surface area is 485 Å². The molecule has 2 nitrogen and oxygen atoms in total. The SMILES string of the molecule is CC1(C)c2ccccc2-c2ccc(N(c3ccc(-c4ccc(N(c5ccccc5)c5cccc6ccccc56)cc4)cc3)c3cccc4c3-c3ccccc3C43c4ccccc4C4(c5ccccc5-c5ccccc54)c4ccccc43)cc21. The van der Waals surface area contributed by atoms with Crippen molar-refractivity contribution in [2.24, 2.45) is 0 Å². The molecule has 83 heavy (non-hydrogen) atoms. The molecule has 0 aromatic heterocycles. The zero-order chi connectivity index (χ0) is 55.0. The summed E-state index contributed by atoms with van der Waals surface area (Å²) >= 11 is 0. The minimum atomic E-state index is -0.625. The average molecular weight is 1060 g/mol. The predicted molar refractivity (Wildman–Crippen MR) is 344 cm³/mol. The number of nitrogens with zero attached hydrogens (tertiary/aromatic N) is 2. The van der Waals surface area contributed by atoms with Crippen LogP contribution in [0.4, 0.5) is 34.1 Å². The Kier molecular flexibility index (Phi) is 10.2. The van der Waals surface area contributed by atoms with Crippen molar-refractivity contribution in [3.8, 4) is 44.5 Å². The van der Waals surface area contributed by atoms with Gasteiger partial charge in [-0.25, -0.2) is 0 Å². The first-order chi connectivity index (χ1) is 41.0. The summed E-state index contributed by atoms with van der Waals surface area (Å²) in [5.41, 5.74) is 28.9. The smallest absolute Gasteiger partial charge is 0.0720 e. The van der Waals surface area contributed by atoms with Crippen LogP contribution in [-0.4, -0.2) is 0 Å². The number of para-hydroxylation sites is 1. The van der Waals surface area contributed by atoms with E-state index in [1.54, 1.807) is 0 Å². The van der Waals surface area contributed by atoms with Gasteiger partial charge >= 0.3 is 0 Å². The summed E-state index contributed by atoms with van der Waals surface area (Å²) in [6.45, 7) is 4.78. The Balaban J connectivity index is 0.851. The zero-order valence-electron chi connectivity index (χ0n) is 46.3. The Morgan fingerprint density at radius 2 is 0.614 bits per heavy atom. The van der Waals surface area contributed by atoms with Crippen molar-refractivity contribution in [1.82, 2.24) is 0 Å². The molecule has 0 saturated carbocycles. The Bertz CT molecular complexity index is 4680. The average Bonchev–Trinajstić information content (AvgIpc) is 1.58. The quantitative estimate of drug-likeness (QED) is 0.157. The van der Waals surface area contributed by atoms with Crippen LogP contribution in [0.25, 0.3) is 55.3 Å². The van der Waals surface area contributed by atoms with Gasteiger partial charge in [-0.15, -0.1) is 0 Å². The molecule has 2 spiro atoms. The summed E-state index contributed by atoms with van der Waals surface area (Å²) in [6, 6.07) is 114. The first kappa shape index (κ1) is 47.5. The number of hydrogen-bond acceptors (Lipinski definition) is 2. The first-order valence-corrected chi connectivity index (χ1v) is 29.2. The molecule has 0 saturated heterocycles. The minimum absolute atomic E-state index is 0.189. The first-order valence-electron chi connectivity index (χ1n) is 29.2. The highest BCUT2D eigenvalue weighted by Crippen LogP contribution is 2.68. The summed E-state index contributed by atoms with van der Waals surface area (Å²) in [4.78, 5) is 4.92. The van der Waals surface area contributed by atoms with Gasteiger partial charge in [-0.3, -0.25) is 0 Å².